The molecule has 122 valence electrons. The van der Waals surface area contributed by atoms with Crippen molar-refractivity contribution in [1.29, 1.82) is 0 Å². The van der Waals surface area contributed by atoms with Crippen molar-refractivity contribution in [3.63, 3.8) is 0 Å². The third-order valence-corrected chi connectivity index (χ3v) is 4.08. The van der Waals surface area contributed by atoms with Gasteiger partial charge in [0, 0.05) is 12.0 Å². The fourth-order valence-electron chi connectivity index (χ4n) is 2.69. The van der Waals surface area contributed by atoms with E-state index in [4.69, 9.17) is 5.73 Å². The lowest BCUT2D eigenvalue weighted by Crippen LogP contribution is -2.51. The number of nitrogens with one attached hydrogen (secondary N) is 1. The Morgan fingerprint density at radius 3 is 2.41 bits per heavy atom. The van der Waals surface area contributed by atoms with E-state index in [1.165, 1.54) is 24.3 Å². The van der Waals surface area contributed by atoms with E-state index in [0.717, 1.165) is 0 Å². The number of hydrogen-bond donors (Lipinski definition) is 3. The Labute approximate surface area is 126 Å². The van der Waals surface area contributed by atoms with E-state index < -0.39 is 24.2 Å². The second-order valence-corrected chi connectivity index (χ2v) is 5.71. The molecule has 3 unspecified atom stereocenters. The van der Waals surface area contributed by atoms with Gasteiger partial charge in [-0.25, -0.2) is 0 Å². The molecule has 4 N–H and O–H groups in total. The van der Waals surface area contributed by atoms with Crippen LogP contribution in [0, 0.1) is 5.92 Å². The molecule has 1 aromatic carbocycles. The molecular weight excluding hydrogens is 297 g/mol. The lowest BCUT2D eigenvalue weighted by atomic mass is 9.92. The summed E-state index contributed by atoms with van der Waals surface area (Å²) in [7, 11) is 0. The first-order chi connectivity index (χ1) is 10.2. The maximum absolute atomic E-state index is 13.3. The third-order valence-electron chi connectivity index (χ3n) is 4.08. The Morgan fingerprint density at radius 1 is 1.27 bits per heavy atom. The van der Waals surface area contributed by atoms with Gasteiger partial charge in [-0.1, -0.05) is 30.3 Å². The predicted molar refractivity (Wildman–Crippen MR) is 74.7 cm³/mol. The highest BCUT2D eigenvalue weighted by molar-refractivity contribution is 5.79. The summed E-state index contributed by atoms with van der Waals surface area (Å²) in [6.07, 6.45) is -3.20. The van der Waals surface area contributed by atoms with Crippen molar-refractivity contribution in [3.05, 3.63) is 35.9 Å². The number of carbonyl (C=O) groups excluding carboxylic acids is 1. The van der Waals surface area contributed by atoms with Crippen LogP contribution in [0.3, 0.4) is 0 Å². The molecule has 4 nitrogen and oxygen atoms in total. The van der Waals surface area contributed by atoms with Crippen LogP contribution >= 0.6 is 0 Å². The fourth-order valence-corrected chi connectivity index (χ4v) is 2.69. The van der Waals surface area contributed by atoms with Gasteiger partial charge >= 0.3 is 6.18 Å². The number of nitrogens with two attached hydrogens (primary N) is 1. The molecule has 1 aliphatic carbocycles. The molecule has 0 aromatic heterocycles. The van der Waals surface area contributed by atoms with E-state index in [0.29, 0.717) is 19.3 Å². The van der Waals surface area contributed by atoms with E-state index in [-0.39, 0.29) is 17.5 Å². The number of halogens is 3. The monoisotopic (exact) mass is 316 g/mol. The molecule has 1 saturated carbocycles. The summed E-state index contributed by atoms with van der Waals surface area (Å²) in [5, 5.41) is 12.3. The van der Waals surface area contributed by atoms with Crippen molar-refractivity contribution >= 4 is 5.91 Å². The summed E-state index contributed by atoms with van der Waals surface area (Å²) in [5.41, 5.74) is 2.29. The van der Waals surface area contributed by atoms with Crippen LogP contribution in [0.15, 0.2) is 30.3 Å². The third kappa shape index (κ3) is 3.41. The van der Waals surface area contributed by atoms with E-state index in [1.807, 2.05) is 0 Å². The molecule has 22 heavy (non-hydrogen) atoms. The van der Waals surface area contributed by atoms with Crippen molar-refractivity contribution in [2.45, 2.75) is 37.1 Å². The van der Waals surface area contributed by atoms with Gasteiger partial charge in [0.15, 0.2) is 0 Å². The van der Waals surface area contributed by atoms with E-state index in [1.54, 1.807) is 6.07 Å². The number of amides is 1. The first-order valence-electron chi connectivity index (χ1n) is 7.12. The topological polar surface area (TPSA) is 75.4 Å². The van der Waals surface area contributed by atoms with Gasteiger partial charge in [-0.15, -0.1) is 0 Å². The summed E-state index contributed by atoms with van der Waals surface area (Å²) in [5.74, 6) is -0.880. The van der Waals surface area contributed by atoms with Crippen LogP contribution in [0.5, 0.6) is 0 Å². The van der Waals surface area contributed by atoms with Crippen LogP contribution in [0.2, 0.25) is 0 Å². The van der Waals surface area contributed by atoms with Crippen LogP contribution in [-0.2, 0) is 10.4 Å². The summed E-state index contributed by atoms with van der Waals surface area (Å²) in [6, 6.07) is 6.65. The zero-order valence-electron chi connectivity index (χ0n) is 11.9. The molecule has 3 atom stereocenters. The fraction of sp³-hybridized carbons (Fsp3) is 0.533. The summed E-state index contributed by atoms with van der Waals surface area (Å²) in [6.45, 7) is -0.912. The van der Waals surface area contributed by atoms with Crippen LogP contribution in [0.25, 0.3) is 0 Å². The van der Waals surface area contributed by atoms with Gasteiger partial charge in [-0.3, -0.25) is 4.79 Å². The Kier molecular flexibility index (Phi) is 4.77. The number of rotatable bonds is 4. The minimum absolute atomic E-state index is 0.0913. The molecule has 2 rings (SSSR count). The normalized spacial score (nSPS) is 24.8. The van der Waals surface area contributed by atoms with Crippen LogP contribution < -0.4 is 11.1 Å². The van der Waals surface area contributed by atoms with Gasteiger partial charge < -0.3 is 16.2 Å². The highest BCUT2D eigenvalue weighted by Gasteiger charge is 2.55. The highest BCUT2D eigenvalue weighted by atomic mass is 19.4. The second-order valence-electron chi connectivity index (χ2n) is 5.71. The van der Waals surface area contributed by atoms with Gasteiger partial charge in [0.2, 0.25) is 11.5 Å². The molecule has 7 heteroatoms. The molecular formula is C15H19F3N2O2. The van der Waals surface area contributed by atoms with Crippen molar-refractivity contribution in [2.24, 2.45) is 11.7 Å². The standard InChI is InChI=1S/C15H19F3N2O2/c16-15(17,18)14(22,11-4-2-1-3-5-11)9-20-13(21)10-6-7-12(19)8-10/h1-5,10,12,22H,6-9,19H2,(H,20,21). The van der Waals surface area contributed by atoms with Gasteiger partial charge in [0.1, 0.15) is 0 Å². The summed E-state index contributed by atoms with van der Waals surface area (Å²) >= 11 is 0. The molecule has 1 aromatic rings. The highest BCUT2D eigenvalue weighted by Crippen LogP contribution is 2.38. The van der Waals surface area contributed by atoms with E-state index in [9.17, 15) is 23.1 Å². The Morgan fingerprint density at radius 2 is 1.91 bits per heavy atom. The first kappa shape index (κ1) is 16.8. The zero-order valence-corrected chi connectivity index (χ0v) is 11.9. The Bertz CT molecular complexity index is 521. The van der Waals surface area contributed by atoms with E-state index >= 15 is 0 Å². The molecule has 0 radical (unpaired) electrons. The maximum atomic E-state index is 13.3. The van der Waals surface area contributed by atoms with E-state index in [2.05, 4.69) is 5.32 Å². The van der Waals surface area contributed by atoms with Gasteiger partial charge in [0.05, 0.1) is 6.54 Å². The van der Waals surface area contributed by atoms with Crippen molar-refractivity contribution in [2.75, 3.05) is 6.54 Å². The second kappa shape index (κ2) is 6.26. The number of alkyl halides is 3. The van der Waals surface area contributed by atoms with Crippen molar-refractivity contribution in [1.82, 2.24) is 5.32 Å². The Hall–Kier alpha value is -1.60. The number of aliphatic hydroxyl groups is 1. The number of hydrogen-bond acceptors (Lipinski definition) is 3. The summed E-state index contributed by atoms with van der Waals surface area (Å²) in [4.78, 5) is 12.0. The quantitative estimate of drug-likeness (QED) is 0.791. The minimum atomic E-state index is -4.90. The lowest BCUT2D eigenvalue weighted by Gasteiger charge is -2.31. The van der Waals surface area contributed by atoms with Crippen LogP contribution in [-0.4, -0.2) is 29.8 Å². The van der Waals surface area contributed by atoms with Gasteiger partial charge in [-0.2, -0.15) is 13.2 Å². The molecule has 1 amide bonds. The molecule has 0 heterocycles. The number of benzene rings is 1. The van der Waals surface area contributed by atoms with Crippen molar-refractivity contribution < 1.29 is 23.1 Å². The average molecular weight is 316 g/mol. The lowest BCUT2D eigenvalue weighted by molar-refractivity contribution is -0.264. The smallest absolute Gasteiger partial charge is 0.375 e. The maximum Gasteiger partial charge on any atom is 0.423 e. The number of carbonyl (C=O) groups is 1. The zero-order chi connectivity index (χ0) is 16.4. The largest absolute Gasteiger partial charge is 0.423 e. The molecule has 1 aliphatic rings. The first-order valence-corrected chi connectivity index (χ1v) is 7.12. The van der Waals surface area contributed by atoms with Gasteiger partial charge in [0.25, 0.3) is 0 Å². The molecule has 0 spiro atoms. The minimum Gasteiger partial charge on any atom is -0.375 e. The molecule has 0 aliphatic heterocycles. The predicted octanol–water partition coefficient (Wildman–Crippen LogP) is 1.68. The van der Waals surface area contributed by atoms with Crippen molar-refractivity contribution in [3.8, 4) is 0 Å². The molecule has 0 bridgehead atoms. The Balaban J connectivity index is 2.10. The molecule has 0 saturated heterocycles. The van der Waals surface area contributed by atoms with Crippen LogP contribution in [0.4, 0.5) is 13.2 Å². The SMILES string of the molecule is NC1CCC(C(=O)NCC(O)(c2ccccc2)C(F)(F)F)C1. The molecule has 1 fully saturated rings. The van der Waals surface area contributed by atoms with Gasteiger partial charge in [-0.05, 0) is 24.8 Å². The summed E-state index contributed by atoms with van der Waals surface area (Å²) < 4.78 is 39.8. The van der Waals surface area contributed by atoms with Crippen LogP contribution in [0.1, 0.15) is 24.8 Å². The average Bonchev–Trinajstić information content (AvgIpc) is 2.91.